The van der Waals surface area contributed by atoms with Crippen molar-refractivity contribution in [3.05, 3.63) is 38.9 Å². The Bertz CT molecular complexity index is 544. The van der Waals surface area contributed by atoms with Crippen LogP contribution in [0.4, 0.5) is 5.69 Å². The van der Waals surface area contributed by atoms with Crippen LogP contribution in [-0.4, -0.2) is 42.0 Å². The molecule has 1 heterocycles. The van der Waals surface area contributed by atoms with Gasteiger partial charge in [-0.1, -0.05) is 11.6 Å². The van der Waals surface area contributed by atoms with Gasteiger partial charge in [0.2, 0.25) is 0 Å². The van der Waals surface area contributed by atoms with Crippen LogP contribution in [0.3, 0.4) is 0 Å². The summed E-state index contributed by atoms with van der Waals surface area (Å²) in [7, 11) is 1.65. The lowest BCUT2D eigenvalue weighted by molar-refractivity contribution is -0.384. The van der Waals surface area contributed by atoms with Crippen molar-refractivity contribution >= 4 is 23.2 Å². The van der Waals surface area contributed by atoms with Crippen molar-refractivity contribution in [2.45, 2.75) is 25.4 Å². The van der Waals surface area contributed by atoms with Gasteiger partial charge in [0.25, 0.3) is 11.6 Å². The number of nitrogens with zero attached hydrogens (tertiary/aromatic N) is 2. The van der Waals surface area contributed by atoms with Gasteiger partial charge in [0.05, 0.1) is 21.6 Å². The monoisotopic (exact) mass is 312 g/mol. The number of nitro groups is 1. The molecular weight excluding hydrogens is 296 g/mol. The van der Waals surface area contributed by atoms with Gasteiger partial charge in [-0.25, -0.2) is 0 Å². The minimum absolute atomic E-state index is 0.0187. The van der Waals surface area contributed by atoms with Crippen LogP contribution in [-0.2, 0) is 4.74 Å². The normalized spacial score (nSPS) is 18.3. The summed E-state index contributed by atoms with van der Waals surface area (Å²) in [4.78, 5) is 24.1. The van der Waals surface area contributed by atoms with Gasteiger partial charge in [-0.3, -0.25) is 14.9 Å². The summed E-state index contributed by atoms with van der Waals surface area (Å²) >= 11 is 5.98. The summed E-state index contributed by atoms with van der Waals surface area (Å²) in [5.74, 6) is -0.335. The summed E-state index contributed by atoms with van der Waals surface area (Å²) in [6, 6.07) is 3.87. The molecule has 1 unspecified atom stereocenters. The maximum absolute atomic E-state index is 12.4. The summed E-state index contributed by atoms with van der Waals surface area (Å²) in [6.07, 6.45) is 3.07. The smallest absolute Gasteiger partial charge is 0.270 e. The Morgan fingerprint density at radius 1 is 1.52 bits per heavy atom. The molecule has 0 aliphatic carbocycles. The first-order chi connectivity index (χ1) is 9.99. The number of ether oxygens (including phenoxy) is 1. The Morgan fingerprint density at radius 2 is 2.29 bits per heavy atom. The van der Waals surface area contributed by atoms with E-state index in [0.717, 1.165) is 19.3 Å². The van der Waals surface area contributed by atoms with Gasteiger partial charge in [-0.2, -0.15) is 0 Å². The molecule has 114 valence electrons. The molecule has 0 aromatic heterocycles. The highest BCUT2D eigenvalue weighted by molar-refractivity contribution is 6.33. The molecule has 1 aromatic carbocycles. The van der Waals surface area contributed by atoms with E-state index < -0.39 is 4.92 Å². The largest absolute Gasteiger partial charge is 0.376 e. The van der Waals surface area contributed by atoms with Crippen molar-refractivity contribution in [1.29, 1.82) is 0 Å². The highest BCUT2D eigenvalue weighted by atomic mass is 35.5. The third-order valence-electron chi connectivity index (χ3n) is 3.49. The Kier molecular flexibility index (Phi) is 5.14. The minimum Gasteiger partial charge on any atom is -0.376 e. The number of amides is 1. The van der Waals surface area contributed by atoms with Gasteiger partial charge in [0, 0.05) is 32.3 Å². The lowest BCUT2D eigenvalue weighted by Crippen LogP contribution is -2.37. The number of rotatable bonds is 4. The summed E-state index contributed by atoms with van der Waals surface area (Å²) in [6.45, 7) is 1.17. The van der Waals surface area contributed by atoms with Crippen LogP contribution in [0, 0.1) is 10.1 Å². The predicted molar refractivity (Wildman–Crippen MR) is 78.7 cm³/mol. The maximum Gasteiger partial charge on any atom is 0.270 e. The Hall–Kier alpha value is -1.66. The number of nitro benzene ring substituents is 1. The molecule has 1 aromatic rings. The molecule has 21 heavy (non-hydrogen) atoms. The number of non-ortho nitro benzene ring substituents is 1. The number of hydrogen-bond donors (Lipinski definition) is 0. The number of likely N-dealkylation sites (N-methyl/N-ethyl adjacent to an activating group) is 1. The van der Waals surface area contributed by atoms with Crippen molar-refractivity contribution in [2.75, 3.05) is 20.2 Å². The van der Waals surface area contributed by atoms with E-state index in [1.165, 1.54) is 23.1 Å². The van der Waals surface area contributed by atoms with E-state index >= 15 is 0 Å². The van der Waals surface area contributed by atoms with E-state index in [1.807, 2.05) is 0 Å². The fourth-order valence-corrected chi connectivity index (χ4v) is 2.53. The molecule has 1 atom stereocenters. The molecule has 2 rings (SSSR count). The summed E-state index contributed by atoms with van der Waals surface area (Å²) < 4.78 is 5.59. The predicted octanol–water partition coefficient (Wildman–Crippen LogP) is 2.89. The van der Waals surface area contributed by atoms with Crippen LogP contribution in [0.1, 0.15) is 29.6 Å². The van der Waals surface area contributed by atoms with E-state index in [9.17, 15) is 14.9 Å². The first-order valence-corrected chi connectivity index (χ1v) is 7.18. The number of carbonyl (C=O) groups excluding carboxylic acids is 1. The van der Waals surface area contributed by atoms with E-state index in [4.69, 9.17) is 16.3 Å². The SMILES string of the molecule is CN(CC1CCCCO1)C(=O)c1cc([N+](=O)[O-])ccc1Cl. The zero-order valence-electron chi connectivity index (χ0n) is 11.8. The van der Waals surface area contributed by atoms with Crippen molar-refractivity contribution < 1.29 is 14.5 Å². The van der Waals surface area contributed by atoms with Crippen LogP contribution >= 0.6 is 11.6 Å². The van der Waals surface area contributed by atoms with E-state index in [0.29, 0.717) is 13.2 Å². The Labute approximate surface area is 127 Å². The van der Waals surface area contributed by atoms with Gasteiger partial charge in [0.15, 0.2) is 0 Å². The van der Waals surface area contributed by atoms with E-state index in [1.54, 1.807) is 7.05 Å². The molecule has 0 spiro atoms. The quantitative estimate of drug-likeness (QED) is 0.633. The van der Waals surface area contributed by atoms with Gasteiger partial charge < -0.3 is 9.64 Å². The van der Waals surface area contributed by atoms with Crippen molar-refractivity contribution in [3.8, 4) is 0 Å². The molecule has 1 aliphatic heterocycles. The van der Waals surface area contributed by atoms with Gasteiger partial charge in [0.1, 0.15) is 0 Å². The molecule has 0 saturated carbocycles. The topological polar surface area (TPSA) is 72.7 Å². The molecule has 1 fully saturated rings. The van der Waals surface area contributed by atoms with Crippen LogP contribution in [0.25, 0.3) is 0 Å². The van der Waals surface area contributed by atoms with Crippen LogP contribution in [0.15, 0.2) is 18.2 Å². The second-order valence-electron chi connectivity index (χ2n) is 5.10. The zero-order chi connectivity index (χ0) is 15.4. The second-order valence-corrected chi connectivity index (χ2v) is 5.50. The minimum atomic E-state index is -0.544. The fraction of sp³-hybridized carbons (Fsp3) is 0.500. The molecular formula is C14H17ClN2O4. The van der Waals surface area contributed by atoms with Gasteiger partial charge in [-0.15, -0.1) is 0 Å². The van der Waals surface area contributed by atoms with Crippen molar-refractivity contribution in [3.63, 3.8) is 0 Å². The fourth-order valence-electron chi connectivity index (χ4n) is 2.34. The molecule has 6 nitrogen and oxygen atoms in total. The summed E-state index contributed by atoms with van der Waals surface area (Å²) in [5.41, 5.74) is -0.00533. The average molecular weight is 313 g/mol. The molecule has 1 saturated heterocycles. The number of benzene rings is 1. The lowest BCUT2D eigenvalue weighted by Gasteiger charge is -2.27. The maximum atomic E-state index is 12.4. The molecule has 1 aliphatic rings. The van der Waals surface area contributed by atoms with Gasteiger partial charge >= 0.3 is 0 Å². The van der Waals surface area contributed by atoms with Crippen molar-refractivity contribution in [1.82, 2.24) is 4.90 Å². The number of halogens is 1. The first-order valence-electron chi connectivity index (χ1n) is 6.80. The van der Waals surface area contributed by atoms with Crippen molar-refractivity contribution in [2.24, 2.45) is 0 Å². The first kappa shape index (κ1) is 15.7. The van der Waals surface area contributed by atoms with Crippen LogP contribution in [0.2, 0.25) is 5.02 Å². The third-order valence-corrected chi connectivity index (χ3v) is 3.82. The molecule has 0 N–H and O–H groups in total. The Morgan fingerprint density at radius 3 is 2.90 bits per heavy atom. The standard InChI is InChI=1S/C14H17ClN2O4/c1-16(9-11-4-2-3-7-21-11)14(18)12-8-10(17(19)20)5-6-13(12)15/h5-6,8,11H,2-4,7,9H2,1H3. The zero-order valence-corrected chi connectivity index (χ0v) is 12.5. The third kappa shape index (κ3) is 3.92. The highest BCUT2D eigenvalue weighted by Gasteiger charge is 2.22. The lowest BCUT2D eigenvalue weighted by atomic mass is 10.1. The molecule has 0 bridgehead atoms. The van der Waals surface area contributed by atoms with Gasteiger partial charge in [-0.05, 0) is 25.3 Å². The van der Waals surface area contributed by atoms with Crippen LogP contribution < -0.4 is 0 Å². The number of hydrogen-bond acceptors (Lipinski definition) is 4. The molecule has 1 amide bonds. The second kappa shape index (κ2) is 6.87. The summed E-state index contributed by atoms with van der Waals surface area (Å²) in [5, 5.41) is 11.0. The van der Waals surface area contributed by atoms with Crippen LogP contribution in [0.5, 0.6) is 0 Å². The highest BCUT2D eigenvalue weighted by Crippen LogP contribution is 2.23. The van der Waals surface area contributed by atoms with E-state index in [2.05, 4.69) is 0 Å². The average Bonchev–Trinajstić information content (AvgIpc) is 2.47. The van der Waals surface area contributed by atoms with E-state index in [-0.39, 0.29) is 28.3 Å². The molecule has 7 heteroatoms. The molecule has 0 radical (unpaired) electrons. The number of carbonyl (C=O) groups is 1. The Balaban J connectivity index is 2.10.